The highest BCUT2D eigenvalue weighted by molar-refractivity contribution is 8.26. The molecule has 0 unspecified atom stereocenters. The Kier molecular flexibility index (Phi) is 6.49. The fraction of sp³-hybridized carbons (Fsp3) is 0.190. The highest BCUT2D eigenvalue weighted by Crippen LogP contribution is 2.32. The second-order valence-electron chi connectivity index (χ2n) is 6.27. The van der Waals surface area contributed by atoms with Crippen molar-refractivity contribution in [2.24, 2.45) is 0 Å². The van der Waals surface area contributed by atoms with E-state index in [0.717, 1.165) is 12.0 Å². The van der Waals surface area contributed by atoms with Gasteiger partial charge in [-0.3, -0.25) is 14.5 Å². The molecule has 28 heavy (non-hydrogen) atoms. The van der Waals surface area contributed by atoms with E-state index in [9.17, 15) is 14.7 Å². The van der Waals surface area contributed by atoms with Gasteiger partial charge in [0.15, 0.2) is 0 Å². The molecule has 0 spiro atoms. The van der Waals surface area contributed by atoms with Gasteiger partial charge in [-0.15, -0.1) is 0 Å². The van der Waals surface area contributed by atoms with E-state index in [-0.39, 0.29) is 30.5 Å². The molecule has 1 fully saturated rings. The number of nitrogens with zero attached hydrogens (tertiary/aromatic N) is 1. The second-order valence-corrected chi connectivity index (χ2v) is 7.95. The third kappa shape index (κ3) is 4.99. The Bertz CT molecular complexity index is 922. The minimum absolute atomic E-state index is 0.131. The second kappa shape index (κ2) is 9.03. The van der Waals surface area contributed by atoms with Crippen molar-refractivity contribution in [3.63, 3.8) is 0 Å². The van der Waals surface area contributed by atoms with E-state index in [2.05, 4.69) is 12.2 Å². The molecule has 0 bridgehead atoms. The first-order valence-corrected chi connectivity index (χ1v) is 10.1. The molecule has 3 rings (SSSR count). The number of aryl methyl sites for hydroxylation is 1. The monoisotopic (exact) mass is 412 g/mol. The van der Waals surface area contributed by atoms with Crippen LogP contribution in [0.1, 0.15) is 24.5 Å². The predicted octanol–water partition coefficient (Wildman–Crippen LogP) is 4.18. The Labute approximate surface area is 173 Å². The Morgan fingerprint density at radius 1 is 1.18 bits per heavy atom. The van der Waals surface area contributed by atoms with Gasteiger partial charge in [-0.05, 0) is 47.9 Å². The zero-order valence-electron chi connectivity index (χ0n) is 15.3. The third-order valence-electron chi connectivity index (χ3n) is 4.27. The first-order chi connectivity index (χ1) is 13.5. The Morgan fingerprint density at radius 3 is 2.50 bits per heavy atom. The van der Waals surface area contributed by atoms with Gasteiger partial charge < -0.3 is 10.4 Å². The summed E-state index contributed by atoms with van der Waals surface area (Å²) in [5.74, 6) is -0.266. The maximum absolute atomic E-state index is 12.6. The number of thiocarbonyl (C=S) groups is 1. The molecular weight excluding hydrogens is 392 g/mol. The van der Waals surface area contributed by atoms with Crippen molar-refractivity contribution in [1.82, 2.24) is 4.90 Å². The molecule has 1 heterocycles. The van der Waals surface area contributed by atoms with Crippen LogP contribution in [0.5, 0.6) is 5.75 Å². The van der Waals surface area contributed by atoms with Crippen molar-refractivity contribution in [1.29, 1.82) is 0 Å². The summed E-state index contributed by atoms with van der Waals surface area (Å²) in [6.07, 6.45) is 2.93. The number of carbonyl (C=O) groups excluding carboxylic acids is 2. The topological polar surface area (TPSA) is 69.6 Å². The highest BCUT2D eigenvalue weighted by Gasteiger charge is 2.32. The zero-order valence-corrected chi connectivity index (χ0v) is 17.0. The van der Waals surface area contributed by atoms with Crippen LogP contribution in [0.3, 0.4) is 0 Å². The summed E-state index contributed by atoms with van der Waals surface area (Å²) in [7, 11) is 0. The molecule has 0 radical (unpaired) electrons. The number of phenolic OH excluding ortho intramolecular Hbond substituents is 1. The van der Waals surface area contributed by atoms with Gasteiger partial charge >= 0.3 is 0 Å². The number of nitrogens with one attached hydrogen (secondary N) is 1. The van der Waals surface area contributed by atoms with Crippen LogP contribution in [0.4, 0.5) is 5.69 Å². The van der Waals surface area contributed by atoms with Crippen LogP contribution in [-0.4, -0.2) is 32.7 Å². The number of anilines is 1. The molecule has 1 aliphatic rings. The Balaban J connectivity index is 1.59. The number of hydrogen-bond donors (Lipinski definition) is 2. The number of aromatic hydroxyl groups is 1. The van der Waals surface area contributed by atoms with Crippen molar-refractivity contribution >= 4 is 51.9 Å². The maximum Gasteiger partial charge on any atom is 0.266 e. The minimum Gasteiger partial charge on any atom is -0.508 e. The number of thioether (sulfide) groups is 1. The van der Waals surface area contributed by atoms with Gasteiger partial charge in [-0.1, -0.05) is 55.2 Å². The molecule has 0 aliphatic carbocycles. The molecule has 144 valence electrons. The van der Waals surface area contributed by atoms with E-state index in [1.807, 2.05) is 30.3 Å². The predicted molar refractivity (Wildman–Crippen MR) is 117 cm³/mol. The lowest BCUT2D eigenvalue weighted by atomic mass is 10.1. The van der Waals surface area contributed by atoms with E-state index in [1.165, 1.54) is 34.4 Å². The van der Waals surface area contributed by atoms with Gasteiger partial charge in [0.25, 0.3) is 5.91 Å². The van der Waals surface area contributed by atoms with Crippen LogP contribution in [0, 0.1) is 0 Å². The fourth-order valence-electron chi connectivity index (χ4n) is 2.68. The van der Waals surface area contributed by atoms with Crippen LogP contribution in [0.2, 0.25) is 0 Å². The summed E-state index contributed by atoms with van der Waals surface area (Å²) >= 11 is 6.57. The minimum atomic E-state index is -0.223. The summed E-state index contributed by atoms with van der Waals surface area (Å²) < 4.78 is 0.457. The van der Waals surface area contributed by atoms with E-state index in [1.54, 1.807) is 12.1 Å². The molecule has 0 saturated carbocycles. The fourth-order valence-corrected chi connectivity index (χ4v) is 3.98. The zero-order chi connectivity index (χ0) is 20.1. The van der Waals surface area contributed by atoms with Gasteiger partial charge in [0.2, 0.25) is 5.91 Å². The molecule has 5 nitrogen and oxygen atoms in total. The van der Waals surface area contributed by atoms with Gasteiger partial charge in [-0.25, -0.2) is 0 Å². The van der Waals surface area contributed by atoms with Crippen molar-refractivity contribution < 1.29 is 14.7 Å². The maximum atomic E-state index is 12.6. The summed E-state index contributed by atoms with van der Waals surface area (Å²) in [6, 6.07) is 14.3. The highest BCUT2D eigenvalue weighted by atomic mass is 32.2. The number of hydrogen-bond acceptors (Lipinski definition) is 5. The quantitative estimate of drug-likeness (QED) is 0.423. The van der Waals surface area contributed by atoms with E-state index >= 15 is 0 Å². The molecule has 0 atom stereocenters. The molecular formula is C21H20N2O3S2. The van der Waals surface area contributed by atoms with Crippen LogP contribution in [0.15, 0.2) is 53.4 Å². The number of amides is 2. The SMILES string of the molecule is CCc1ccc(C=C2SC(=S)N(CCC(=O)Nc3ccc(O)cc3)C2=O)cc1. The average molecular weight is 413 g/mol. The van der Waals surface area contributed by atoms with Crippen molar-refractivity contribution in [2.45, 2.75) is 19.8 Å². The van der Waals surface area contributed by atoms with Crippen molar-refractivity contribution in [3.8, 4) is 5.75 Å². The summed E-state index contributed by atoms with van der Waals surface area (Å²) in [4.78, 5) is 26.8. The van der Waals surface area contributed by atoms with Crippen molar-refractivity contribution in [2.75, 3.05) is 11.9 Å². The van der Waals surface area contributed by atoms with Crippen LogP contribution >= 0.6 is 24.0 Å². The van der Waals surface area contributed by atoms with Gasteiger partial charge in [0, 0.05) is 18.7 Å². The normalized spacial score (nSPS) is 15.3. The number of rotatable bonds is 6. The lowest BCUT2D eigenvalue weighted by molar-refractivity contribution is -0.122. The van der Waals surface area contributed by atoms with Crippen LogP contribution < -0.4 is 5.32 Å². The summed E-state index contributed by atoms with van der Waals surface area (Å²) in [5.41, 5.74) is 2.77. The smallest absolute Gasteiger partial charge is 0.266 e. The molecule has 2 amide bonds. The van der Waals surface area contributed by atoms with E-state index < -0.39 is 0 Å². The van der Waals surface area contributed by atoms with Gasteiger partial charge in [-0.2, -0.15) is 0 Å². The first-order valence-electron chi connectivity index (χ1n) is 8.89. The number of benzene rings is 2. The summed E-state index contributed by atoms with van der Waals surface area (Å²) in [5, 5.41) is 12.0. The molecule has 0 aromatic heterocycles. The van der Waals surface area contributed by atoms with E-state index in [4.69, 9.17) is 12.2 Å². The molecule has 2 aromatic carbocycles. The number of phenols is 1. The Hall–Kier alpha value is -2.64. The lowest BCUT2D eigenvalue weighted by Crippen LogP contribution is -2.31. The van der Waals surface area contributed by atoms with Crippen LogP contribution in [0.25, 0.3) is 6.08 Å². The summed E-state index contributed by atoms with van der Waals surface area (Å²) in [6.45, 7) is 2.32. The standard InChI is InChI=1S/C21H20N2O3S2/c1-2-14-3-5-15(6-4-14)13-18-20(26)23(21(27)28-18)12-11-19(25)22-16-7-9-17(24)10-8-16/h3-10,13,24H,2,11-12H2,1H3,(H,22,25). The molecule has 2 N–H and O–H groups in total. The molecule has 1 saturated heterocycles. The van der Waals surface area contributed by atoms with Crippen LogP contribution in [-0.2, 0) is 16.0 Å². The molecule has 2 aromatic rings. The lowest BCUT2D eigenvalue weighted by Gasteiger charge is -2.14. The van der Waals surface area contributed by atoms with Gasteiger partial charge in [0.05, 0.1) is 4.91 Å². The largest absolute Gasteiger partial charge is 0.508 e. The van der Waals surface area contributed by atoms with Gasteiger partial charge in [0.1, 0.15) is 10.1 Å². The van der Waals surface area contributed by atoms with Crippen molar-refractivity contribution in [3.05, 3.63) is 64.6 Å². The van der Waals surface area contributed by atoms with E-state index in [0.29, 0.717) is 14.9 Å². The third-order valence-corrected chi connectivity index (χ3v) is 5.65. The first kappa shape index (κ1) is 20.1. The molecule has 1 aliphatic heterocycles. The number of carbonyl (C=O) groups is 2. The molecule has 7 heteroatoms. The Morgan fingerprint density at radius 2 is 1.86 bits per heavy atom. The average Bonchev–Trinajstić information content (AvgIpc) is 2.95.